The Hall–Kier alpha value is -0.990. The molecule has 2 atom stereocenters. The van der Waals surface area contributed by atoms with Crippen LogP contribution in [-0.2, 0) is 14.6 Å². The van der Waals surface area contributed by atoms with Crippen LogP contribution in [0, 0.1) is 5.82 Å². The molecule has 0 bridgehead atoms. The van der Waals surface area contributed by atoms with E-state index in [1.165, 1.54) is 12.1 Å². The van der Waals surface area contributed by atoms with Crippen LogP contribution < -0.4 is 5.32 Å². The highest BCUT2D eigenvalue weighted by Gasteiger charge is 2.36. The second kappa shape index (κ2) is 5.18. The van der Waals surface area contributed by atoms with Crippen LogP contribution in [0.15, 0.2) is 22.7 Å². The van der Waals surface area contributed by atoms with Crippen molar-refractivity contribution in [2.24, 2.45) is 0 Å². The lowest BCUT2D eigenvalue weighted by Crippen LogP contribution is -2.51. The van der Waals surface area contributed by atoms with E-state index in [0.29, 0.717) is 4.47 Å². The molecule has 0 spiro atoms. The number of nitrogens with one attached hydrogen (secondary N) is 1. The minimum Gasteiger partial charge on any atom is -0.480 e. The third-order valence-corrected chi connectivity index (χ3v) is 5.06. The van der Waals surface area contributed by atoms with E-state index in [1.807, 2.05) is 0 Å². The normalized spacial score (nSPS) is 26.0. The molecule has 19 heavy (non-hydrogen) atoms. The Kier molecular flexibility index (Phi) is 3.93. The van der Waals surface area contributed by atoms with Crippen molar-refractivity contribution >= 4 is 31.7 Å². The van der Waals surface area contributed by atoms with E-state index >= 15 is 0 Å². The summed E-state index contributed by atoms with van der Waals surface area (Å²) in [5.74, 6) is -2.62. The number of rotatable bonds is 2. The smallest absolute Gasteiger partial charge is 0.321 e. The second-order valence-electron chi connectivity index (χ2n) is 4.35. The minimum atomic E-state index is -3.52. The summed E-state index contributed by atoms with van der Waals surface area (Å²) in [6, 6.07) is 2.17. The van der Waals surface area contributed by atoms with Gasteiger partial charge in [-0.15, -0.1) is 0 Å². The van der Waals surface area contributed by atoms with Gasteiger partial charge >= 0.3 is 5.97 Å². The van der Waals surface area contributed by atoms with Gasteiger partial charge in [0.25, 0.3) is 0 Å². The molecule has 0 aromatic heterocycles. The average molecular weight is 352 g/mol. The van der Waals surface area contributed by atoms with E-state index in [1.54, 1.807) is 6.07 Å². The zero-order chi connectivity index (χ0) is 14.2. The number of sulfone groups is 1. The Morgan fingerprint density at radius 2 is 2.11 bits per heavy atom. The Labute approximate surface area is 117 Å². The topological polar surface area (TPSA) is 83.5 Å². The fourth-order valence-corrected chi connectivity index (χ4v) is 4.02. The summed E-state index contributed by atoms with van der Waals surface area (Å²) < 4.78 is 37.7. The summed E-state index contributed by atoms with van der Waals surface area (Å²) in [5.41, 5.74) is 0.151. The summed E-state index contributed by atoms with van der Waals surface area (Å²) in [5, 5.41) is 11.6. The fraction of sp³-hybridized carbons (Fsp3) is 0.364. The molecule has 0 saturated carbocycles. The lowest BCUT2D eigenvalue weighted by atomic mass is 10.1. The zero-order valence-corrected chi connectivity index (χ0v) is 12.0. The van der Waals surface area contributed by atoms with E-state index in [4.69, 9.17) is 5.11 Å². The number of aliphatic carboxylic acids is 1. The van der Waals surface area contributed by atoms with E-state index in [9.17, 15) is 17.6 Å². The molecule has 0 amide bonds. The molecule has 0 radical (unpaired) electrons. The number of hydrogen-bond donors (Lipinski definition) is 2. The van der Waals surface area contributed by atoms with Gasteiger partial charge in [-0.3, -0.25) is 10.1 Å². The standard InChI is InChI=1S/C11H11BrFNO4S/c12-6-1-2-7(8(13)3-6)9-4-19(17,18)5-10(14-9)11(15)16/h1-3,9-10,14H,4-5H2,(H,15,16). The minimum absolute atomic E-state index is 0.151. The van der Waals surface area contributed by atoms with Gasteiger partial charge in [-0.2, -0.15) is 0 Å². The quantitative estimate of drug-likeness (QED) is 0.833. The predicted octanol–water partition coefficient (Wildman–Crippen LogP) is 1.10. The van der Waals surface area contributed by atoms with E-state index in [-0.39, 0.29) is 11.3 Å². The molecule has 1 aliphatic heterocycles. The number of halogens is 2. The molecule has 2 unspecified atom stereocenters. The monoisotopic (exact) mass is 351 g/mol. The molecule has 1 saturated heterocycles. The van der Waals surface area contributed by atoms with E-state index in [2.05, 4.69) is 21.2 Å². The van der Waals surface area contributed by atoms with Gasteiger partial charge in [-0.05, 0) is 12.1 Å². The third-order valence-electron chi connectivity index (χ3n) is 2.88. The van der Waals surface area contributed by atoms with Crippen molar-refractivity contribution in [3.05, 3.63) is 34.1 Å². The number of benzene rings is 1. The van der Waals surface area contributed by atoms with E-state index in [0.717, 1.165) is 0 Å². The largest absolute Gasteiger partial charge is 0.480 e. The second-order valence-corrected chi connectivity index (χ2v) is 7.42. The number of carboxylic acid groups (broad SMARTS) is 1. The van der Waals surface area contributed by atoms with Crippen LogP contribution in [0.3, 0.4) is 0 Å². The van der Waals surface area contributed by atoms with Crippen molar-refractivity contribution in [3.8, 4) is 0 Å². The summed E-state index contributed by atoms with van der Waals surface area (Å²) in [4.78, 5) is 10.9. The molecule has 1 aromatic carbocycles. The third kappa shape index (κ3) is 3.31. The SMILES string of the molecule is O=C(O)C1CS(=O)(=O)CC(c2ccc(Br)cc2F)N1. The molecule has 1 aromatic rings. The predicted molar refractivity (Wildman–Crippen MR) is 70.1 cm³/mol. The number of carboxylic acids is 1. The lowest BCUT2D eigenvalue weighted by Gasteiger charge is -2.29. The highest BCUT2D eigenvalue weighted by Crippen LogP contribution is 2.25. The number of carbonyl (C=O) groups is 1. The van der Waals surface area contributed by atoms with Crippen molar-refractivity contribution < 1.29 is 22.7 Å². The molecule has 5 nitrogen and oxygen atoms in total. The lowest BCUT2D eigenvalue weighted by molar-refractivity contribution is -0.139. The zero-order valence-electron chi connectivity index (χ0n) is 9.64. The van der Waals surface area contributed by atoms with Gasteiger partial charge in [0.2, 0.25) is 0 Å². The maximum absolute atomic E-state index is 13.8. The van der Waals surface area contributed by atoms with Crippen LogP contribution in [0.1, 0.15) is 11.6 Å². The Bertz CT molecular complexity index is 619. The van der Waals surface area contributed by atoms with Gasteiger partial charge in [-0.25, -0.2) is 12.8 Å². The molecular formula is C11H11BrFNO4S. The molecule has 8 heteroatoms. The van der Waals surface area contributed by atoms with Gasteiger partial charge < -0.3 is 5.11 Å². The van der Waals surface area contributed by atoms with Crippen molar-refractivity contribution in [1.82, 2.24) is 5.32 Å². The maximum Gasteiger partial charge on any atom is 0.321 e. The molecule has 1 aliphatic rings. The van der Waals surface area contributed by atoms with Gasteiger partial charge in [-0.1, -0.05) is 22.0 Å². The summed E-state index contributed by atoms with van der Waals surface area (Å²) >= 11 is 3.11. The van der Waals surface area contributed by atoms with Crippen LogP contribution in [0.4, 0.5) is 4.39 Å². The number of hydrogen-bond acceptors (Lipinski definition) is 4. The van der Waals surface area contributed by atoms with Crippen molar-refractivity contribution in [1.29, 1.82) is 0 Å². The molecule has 1 heterocycles. The Balaban J connectivity index is 2.36. The van der Waals surface area contributed by atoms with Crippen LogP contribution in [0.5, 0.6) is 0 Å². The Morgan fingerprint density at radius 3 is 2.68 bits per heavy atom. The first-order chi connectivity index (χ1) is 8.78. The highest BCUT2D eigenvalue weighted by atomic mass is 79.9. The highest BCUT2D eigenvalue weighted by molar-refractivity contribution is 9.10. The van der Waals surface area contributed by atoms with Gasteiger partial charge in [0.05, 0.1) is 11.5 Å². The first-order valence-corrected chi connectivity index (χ1v) is 8.04. The van der Waals surface area contributed by atoms with Crippen LogP contribution >= 0.6 is 15.9 Å². The Morgan fingerprint density at radius 1 is 1.42 bits per heavy atom. The molecule has 2 N–H and O–H groups in total. The van der Waals surface area contributed by atoms with Crippen molar-refractivity contribution in [2.45, 2.75) is 12.1 Å². The molecule has 104 valence electrons. The fourth-order valence-electron chi connectivity index (χ4n) is 2.02. The average Bonchev–Trinajstić information content (AvgIpc) is 2.26. The van der Waals surface area contributed by atoms with Crippen molar-refractivity contribution in [2.75, 3.05) is 11.5 Å². The maximum atomic E-state index is 13.8. The van der Waals surface area contributed by atoms with Gasteiger partial charge in [0.15, 0.2) is 9.84 Å². The van der Waals surface area contributed by atoms with Gasteiger partial charge in [0.1, 0.15) is 11.9 Å². The van der Waals surface area contributed by atoms with Crippen LogP contribution in [0.25, 0.3) is 0 Å². The first-order valence-electron chi connectivity index (χ1n) is 5.43. The molecule has 1 fully saturated rings. The first kappa shape index (κ1) is 14.4. The summed E-state index contributed by atoms with van der Waals surface area (Å²) in [7, 11) is -3.52. The summed E-state index contributed by atoms with van der Waals surface area (Å²) in [6.07, 6.45) is 0. The molecule has 0 aliphatic carbocycles. The van der Waals surface area contributed by atoms with Crippen LogP contribution in [-0.4, -0.2) is 37.0 Å². The van der Waals surface area contributed by atoms with E-state index < -0.39 is 39.5 Å². The summed E-state index contributed by atoms with van der Waals surface area (Å²) in [6.45, 7) is 0. The van der Waals surface area contributed by atoms with Crippen molar-refractivity contribution in [3.63, 3.8) is 0 Å². The van der Waals surface area contributed by atoms with Gasteiger partial charge in [0, 0.05) is 16.1 Å². The van der Waals surface area contributed by atoms with Crippen LogP contribution in [0.2, 0.25) is 0 Å². The molecular weight excluding hydrogens is 341 g/mol. The molecule has 2 rings (SSSR count).